The molecule has 0 aromatic heterocycles. The minimum absolute atomic E-state index is 0.174. The number of amides is 2. The first-order valence-electron chi connectivity index (χ1n) is 10.4. The second-order valence-corrected chi connectivity index (χ2v) is 7.24. The van der Waals surface area contributed by atoms with Crippen molar-refractivity contribution in [1.29, 1.82) is 0 Å². The lowest BCUT2D eigenvalue weighted by Gasteiger charge is -2.36. The second kappa shape index (κ2) is 12.0. The maximum absolute atomic E-state index is 11.9. The van der Waals surface area contributed by atoms with Crippen LogP contribution >= 0.6 is 0 Å². The standard InChI is InChI=1S/C19H36N4O4/c1-3-16-26-18(24)22-12-8-20(9-13-22)6-5-7-21-10-14-23(15-11-21)19(25)27-17-4-2/h3-17H2,1-2H3. The van der Waals surface area contributed by atoms with Crippen LogP contribution in [0.1, 0.15) is 33.1 Å². The Hall–Kier alpha value is -1.54. The summed E-state index contributed by atoms with van der Waals surface area (Å²) in [6, 6.07) is 0. The largest absolute Gasteiger partial charge is 0.449 e. The topological polar surface area (TPSA) is 65.6 Å². The van der Waals surface area contributed by atoms with Gasteiger partial charge < -0.3 is 19.3 Å². The van der Waals surface area contributed by atoms with E-state index in [0.29, 0.717) is 13.2 Å². The molecule has 0 radical (unpaired) electrons. The fraction of sp³-hybridized carbons (Fsp3) is 0.895. The predicted molar refractivity (Wildman–Crippen MR) is 104 cm³/mol. The first-order valence-corrected chi connectivity index (χ1v) is 10.4. The fourth-order valence-corrected chi connectivity index (χ4v) is 3.39. The van der Waals surface area contributed by atoms with Crippen molar-refractivity contribution in [3.05, 3.63) is 0 Å². The fourth-order valence-electron chi connectivity index (χ4n) is 3.39. The van der Waals surface area contributed by atoms with Gasteiger partial charge in [0.2, 0.25) is 0 Å². The molecule has 0 bridgehead atoms. The Morgan fingerprint density at radius 3 is 1.37 bits per heavy atom. The van der Waals surface area contributed by atoms with Gasteiger partial charge in [0, 0.05) is 52.4 Å². The lowest BCUT2D eigenvalue weighted by atomic mass is 10.2. The van der Waals surface area contributed by atoms with Gasteiger partial charge in [-0.1, -0.05) is 13.8 Å². The van der Waals surface area contributed by atoms with Crippen LogP contribution in [0.15, 0.2) is 0 Å². The Bertz CT molecular complexity index is 407. The number of carbonyl (C=O) groups excluding carboxylic acids is 2. The Kier molecular flexibility index (Phi) is 9.69. The third kappa shape index (κ3) is 7.54. The van der Waals surface area contributed by atoms with Crippen LogP contribution in [-0.4, -0.2) is 110 Å². The number of rotatable bonds is 8. The monoisotopic (exact) mass is 384 g/mol. The van der Waals surface area contributed by atoms with Crippen molar-refractivity contribution in [1.82, 2.24) is 19.6 Å². The van der Waals surface area contributed by atoms with Crippen molar-refractivity contribution < 1.29 is 19.1 Å². The van der Waals surface area contributed by atoms with E-state index >= 15 is 0 Å². The maximum Gasteiger partial charge on any atom is 0.409 e. The highest BCUT2D eigenvalue weighted by Crippen LogP contribution is 2.08. The maximum atomic E-state index is 11.9. The number of hydrogen-bond donors (Lipinski definition) is 0. The Morgan fingerprint density at radius 2 is 1.04 bits per heavy atom. The van der Waals surface area contributed by atoms with Gasteiger partial charge in [-0.25, -0.2) is 9.59 Å². The molecule has 8 nitrogen and oxygen atoms in total. The minimum Gasteiger partial charge on any atom is -0.449 e. The van der Waals surface area contributed by atoms with Crippen molar-refractivity contribution in [2.45, 2.75) is 33.1 Å². The summed E-state index contributed by atoms with van der Waals surface area (Å²) in [6.45, 7) is 13.8. The van der Waals surface area contributed by atoms with Crippen LogP contribution in [0.5, 0.6) is 0 Å². The molecule has 2 saturated heterocycles. The zero-order valence-corrected chi connectivity index (χ0v) is 17.0. The van der Waals surface area contributed by atoms with E-state index < -0.39 is 0 Å². The van der Waals surface area contributed by atoms with Gasteiger partial charge in [0.05, 0.1) is 13.2 Å². The molecule has 2 rings (SSSR count). The van der Waals surface area contributed by atoms with Crippen LogP contribution in [0.2, 0.25) is 0 Å². The third-order valence-corrected chi connectivity index (χ3v) is 5.07. The van der Waals surface area contributed by atoms with Crippen molar-refractivity contribution >= 4 is 12.2 Å². The van der Waals surface area contributed by atoms with Crippen LogP contribution in [0.3, 0.4) is 0 Å². The Morgan fingerprint density at radius 1 is 0.667 bits per heavy atom. The van der Waals surface area contributed by atoms with E-state index in [-0.39, 0.29) is 12.2 Å². The molecule has 0 aromatic carbocycles. The number of hydrogen-bond acceptors (Lipinski definition) is 6. The number of carbonyl (C=O) groups is 2. The summed E-state index contributed by atoms with van der Waals surface area (Å²) >= 11 is 0. The molecule has 27 heavy (non-hydrogen) atoms. The smallest absolute Gasteiger partial charge is 0.409 e. The quantitative estimate of drug-likeness (QED) is 0.635. The molecule has 2 heterocycles. The first-order chi connectivity index (χ1) is 13.1. The molecule has 8 heteroatoms. The van der Waals surface area contributed by atoms with Gasteiger partial charge in [0.25, 0.3) is 0 Å². The average molecular weight is 385 g/mol. The number of nitrogens with zero attached hydrogens (tertiary/aromatic N) is 4. The highest BCUT2D eigenvalue weighted by molar-refractivity contribution is 5.68. The highest BCUT2D eigenvalue weighted by atomic mass is 16.6. The first kappa shape index (κ1) is 21.8. The minimum atomic E-state index is -0.174. The molecule has 0 N–H and O–H groups in total. The summed E-state index contributed by atoms with van der Waals surface area (Å²) in [7, 11) is 0. The van der Waals surface area contributed by atoms with Gasteiger partial charge in [-0.15, -0.1) is 0 Å². The van der Waals surface area contributed by atoms with E-state index in [1.165, 1.54) is 0 Å². The molecule has 0 spiro atoms. The molecule has 0 saturated carbocycles. The molecule has 2 fully saturated rings. The van der Waals surface area contributed by atoms with Crippen LogP contribution < -0.4 is 0 Å². The molecular weight excluding hydrogens is 348 g/mol. The van der Waals surface area contributed by atoms with E-state index in [1.807, 2.05) is 23.6 Å². The highest BCUT2D eigenvalue weighted by Gasteiger charge is 2.23. The van der Waals surface area contributed by atoms with Gasteiger partial charge in [0.15, 0.2) is 0 Å². The van der Waals surface area contributed by atoms with Crippen LogP contribution in [0.25, 0.3) is 0 Å². The van der Waals surface area contributed by atoms with Gasteiger partial charge in [0.1, 0.15) is 0 Å². The molecular formula is C19H36N4O4. The molecule has 0 aromatic rings. The summed E-state index contributed by atoms with van der Waals surface area (Å²) in [5.41, 5.74) is 0. The van der Waals surface area contributed by atoms with E-state index in [0.717, 1.165) is 84.7 Å². The molecule has 0 aliphatic carbocycles. The van der Waals surface area contributed by atoms with Crippen molar-refractivity contribution in [2.24, 2.45) is 0 Å². The van der Waals surface area contributed by atoms with Crippen LogP contribution in [-0.2, 0) is 9.47 Å². The lowest BCUT2D eigenvalue weighted by Crippen LogP contribution is -2.50. The second-order valence-electron chi connectivity index (χ2n) is 7.24. The van der Waals surface area contributed by atoms with Crippen LogP contribution in [0, 0.1) is 0 Å². The normalized spacial score (nSPS) is 19.2. The van der Waals surface area contributed by atoms with Crippen molar-refractivity contribution in [2.75, 3.05) is 78.7 Å². The summed E-state index contributed by atoms with van der Waals surface area (Å²) < 4.78 is 10.4. The van der Waals surface area contributed by atoms with E-state index in [2.05, 4.69) is 9.80 Å². The van der Waals surface area contributed by atoms with E-state index in [1.54, 1.807) is 0 Å². The third-order valence-electron chi connectivity index (χ3n) is 5.07. The molecule has 156 valence electrons. The van der Waals surface area contributed by atoms with Gasteiger partial charge in [-0.3, -0.25) is 9.80 Å². The van der Waals surface area contributed by atoms with Gasteiger partial charge in [-0.2, -0.15) is 0 Å². The lowest BCUT2D eigenvalue weighted by molar-refractivity contribution is 0.0696. The SMILES string of the molecule is CCCOC(=O)N1CCN(CCCN2CCN(C(=O)OCCC)CC2)CC1. The summed E-state index contributed by atoms with van der Waals surface area (Å²) in [4.78, 5) is 32.2. The zero-order chi connectivity index (χ0) is 19.5. The molecule has 0 atom stereocenters. The van der Waals surface area contributed by atoms with Gasteiger partial charge in [-0.05, 0) is 32.4 Å². The number of piperazine rings is 2. The average Bonchev–Trinajstić information content (AvgIpc) is 2.71. The summed E-state index contributed by atoms with van der Waals surface area (Å²) in [5.74, 6) is 0. The van der Waals surface area contributed by atoms with Crippen molar-refractivity contribution in [3.8, 4) is 0 Å². The summed E-state index contributed by atoms with van der Waals surface area (Å²) in [5, 5.41) is 0. The molecule has 2 aliphatic heterocycles. The Labute approximate surface area is 163 Å². The van der Waals surface area contributed by atoms with Crippen molar-refractivity contribution in [3.63, 3.8) is 0 Å². The van der Waals surface area contributed by atoms with E-state index in [4.69, 9.17) is 9.47 Å². The molecule has 0 unspecified atom stereocenters. The van der Waals surface area contributed by atoms with Crippen LogP contribution in [0.4, 0.5) is 9.59 Å². The Balaban J connectivity index is 1.54. The number of ether oxygens (including phenoxy) is 2. The zero-order valence-electron chi connectivity index (χ0n) is 17.0. The molecule has 2 amide bonds. The van der Waals surface area contributed by atoms with E-state index in [9.17, 15) is 9.59 Å². The summed E-state index contributed by atoms with van der Waals surface area (Å²) in [6.07, 6.45) is 2.49. The predicted octanol–water partition coefficient (Wildman–Crippen LogP) is 1.70. The molecule has 2 aliphatic rings. The van der Waals surface area contributed by atoms with Gasteiger partial charge >= 0.3 is 12.2 Å².